The lowest BCUT2D eigenvalue weighted by Crippen LogP contribution is -2.64. The largest absolute Gasteiger partial charge is 0.337 e. The fourth-order valence-corrected chi connectivity index (χ4v) is 13.7. The van der Waals surface area contributed by atoms with Gasteiger partial charge >= 0.3 is 0 Å². The van der Waals surface area contributed by atoms with E-state index >= 15 is 0 Å². The molecule has 0 rings (SSSR count). The third-order valence-corrected chi connectivity index (χ3v) is 19.1. The predicted molar refractivity (Wildman–Crippen MR) is 78.0 cm³/mol. The minimum Gasteiger partial charge on any atom is -0.337 e. The van der Waals surface area contributed by atoms with Crippen molar-refractivity contribution in [3.63, 3.8) is 0 Å². The second kappa shape index (κ2) is 4.90. The Bertz CT molecular complexity index is 209. The molecule has 0 bridgehead atoms. The van der Waals surface area contributed by atoms with Crippen molar-refractivity contribution >= 4 is 27.9 Å². The van der Waals surface area contributed by atoms with Crippen molar-refractivity contribution < 1.29 is 0 Å². The zero-order valence-electron chi connectivity index (χ0n) is 11.7. The van der Waals surface area contributed by atoms with E-state index in [1.165, 1.54) is 0 Å². The third-order valence-electron chi connectivity index (χ3n) is 3.83. The van der Waals surface area contributed by atoms with Crippen LogP contribution in [0.15, 0.2) is 0 Å². The smallest absolute Gasteiger partial charge is 0.134 e. The highest BCUT2D eigenvalue weighted by molar-refractivity contribution is 7.04. The average Bonchev–Trinajstić information content (AvgIpc) is 2.00. The van der Waals surface area contributed by atoms with Crippen LogP contribution in [0.1, 0.15) is 27.7 Å². The Morgan fingerprint density at radius 2 is 1.53 bits per heavy atom. The van der Waals surface area contributed by atoms with Crippen LogP contribution in [-0.4, -0.2) is 27.5 Å². The zero-order chi connectivity index (χ0) is 12.5. The summed E-state index contributed by atoms with van der Waals surface area (Å²) in [4.78, 5) is 3.64. The summed E-state index contributed by atoms with van der Waals surface area (Å²) in [6, 6.07) is 0. The molecule has 1 unspecified atom stereocenters. The predicted octanol–water partition coefficient (Wildman–Crippen LogP) is 4.00. The van der Waals surface area contributed by atoms with Gasteiger partial charge in [0.15, 0.2) is 0 Å². The van der Waals surface area contributed by atoms with Crippen LogP contribution in [0.4, 0.5) is 0 Å². The van der Waals surface area contributed by atoms with Gasteiger partial charge in [-0.2, -0.15) is 0 Å². The Morgan fingerprint density at radius 1 is 1.13 bits per heavy atom. The van der Waals surface area contributed by atoms with Gasteiger partial charge in [-0.3, -0.25) is 0 Å². The molecule has 0 saturated carbocycles. The highest BCUT2D eigenvalue weighted by atomic mass is 35.5. The van der Waals surface area contributed by atoms with Gasteiger partial charge in [0.1, 0.15) is 8.24 Å². The molecule has 15 heavy (non-hydrogen) atoms. The Labute approximate surface area is 103 Å². The fourth-order valence-electron chi connectivity index (χ4n) is 1.83. The molecule has 0 amide bonds. The number of alkyl halides is 1. The molecular formula is C11H28ClNSi2. The number of rotatable bonds is 4. The van der Waals surface area contributed by atoms with E-state index in [1.807, 2.05) is 0 Å². The van der Waals surface area contributed by atoms with Crippen molar-refractivity contribution in [1.82, 2.24) is 4.98 Å². The molecule has 0 spiro atoms. The molecule has 0 aliphatic heterocycles. The molecule has 4 heteroatoms. The van der Waals surface area contributed by atoms with Crippen molar-refractivity contribution in [2.24, 2.45) is 0 Å². The van der Waals surface area contributed by atoms with Crippen LogP contribution in [0.2, 0.25) is 31.2 Å². The monoisotopic (exact) mass is 265 g/mol. The normalized spacial score (nSPS) is 16.6. The summed E-state index contributed by atoms with van der Waals surface area (Å²) < 4.78 is 0.380. The number of nitrogens with one attached hydrogen (secondary N) is 1. The minimum absolute atomic E-state index is 0.374. The highest BCUT2D eigenvalue weighted by Crippen LogP contribution is 2.42. The van der Waals surface area contributed by atoms with Gasteiger partial charge in [0, 0.05) is 4.62 Å². The topological polar surface area (TPSA) is 12.0 Å². The van der Waals surface area contributed by atoms with Gasteiger partial charge in [0.25, 0.3) is 0 Å². The Morgan fingerprint density at radius 3 is 1.80 bits per heavy atom. The van der Waals surface area contributed by atoms with Gasteiger partial charge in [-0.25, -0.2) is 0 Å². The summed E-state index contributed by atoms with van der Waals surface area (Å²) in [6.45, 7) is 19.8. The second-order valence-electron chi connectivity index (χ2n) is 6.59. The highest BCUT2D eigenvalue weighted by Gasteiger charge is 2.48. The van der Waals surface area contributed by atoms with Gasteiger partial charge in [-0.05, 0) is 11.6 Å². The summed E-state index contributed by atoms with van der Waals surface area (Å²) in [6.07, 6.45) is 0. The maximum absolute atomic E-state index is 6.79. The molecule has 0 fully saturated rings. The van der Waals surface area contributed by atoms with Crippen LogP contribution < -0.4 is 4.98 Å². The number of halogens is 1. The first-order valence-corrected chi connectivity index (χ1v) is 12.4. The molecule has 0 heterocycles. The molecule has 92 valence electrons. The molecule has 0 aliphatic carbocycles. The number of hydrogen-bond donors (Lipinski definition) is 1. The van der Waals surface area contributed by atoms with E-state index in [1.54, 1.807) is 0 Å². The Balaban J connectivity index is 4.91. The van der Waals surface area contributed by atoms with Gasteiger partial charge in [-0.1, -0.05) is 53.9 Å². The van der Waals surface area contributed by atoms with E-state index in [4.69, 9.17) is 11.6 Å². The third kappa shape index (κ3) is 3.58. The SMILES string of the molecule is CCN[Si](C)(C)C(Cl)[Si](C)(C)C(C)(C)C. The molecule has 1 nitrogen and oxygen atoms in total. The minimum atomic E-state index is -1.47. The molecular weight excluding hydrogens is 238 g/mol. The first-order valence-electron chi connectivity index (χ1n) is 5.86. The van der Waals surface area contributed by atoms with Crippen LogP contribution in [0.5, 0.6) is 0 Å². The molecule has 0 radical (unpaired) electrons. The van der Waals surface area contributed by atoms with E-state index in [-0.39, 0.29) is 0 Å². The van der Waals surface area contributed by atoms with E-state index in [9.17, 15) is 0 Å². The standard InChI is InChI=1S/C11H28ClNSi2/c1-9-13-15(7,8)10(12)14(5,6)11(2,3)4/h10,13H,9H2,1-8H3. The van der Waals surface area contributed by atoms with E-state index in [0.717, 1.165) is 6.54 Å². The van der Waals surface area contributed by atoms with E-state index in [0.29, 0.717) is 9.66 Å². The van der Waals surface area contributed by atoms with Crippen LogP contribution in [-0.2, 0) is 0 Å². The number of hydrogen-bond acceptors (Lipinski definition) is 1. The van der Waals surface area contributed by atoms with Crippen molar-refractivity contribution in [1.29, 1.82) is 0 Å². The maximum Gasteiger partial charge on any atom is 0.134 e. The van der Waals surface area contributed by atoms with Crippen LogP contribution in [0, 0.1) is 0 Å². The molecule has 0 saturated heterocycles. The quantitative estimate of drug-likeness (QED) is 0.599. The molecule has 0 aromatic rings. The Kier molecular flexibility index (Phi) is 5.13. The zero-order valence-corrected chi connectivity index (χ0v) is 14.4. The molecule has 1 atom stereocenters. The second-order valence-corrected chi connectivity index (χ2v) is 18.2. The maximum atomic E-state index is 6.79. The van der Waals surface area contributed by atoms with Gasteiger partial charge in [0.2, 0.25) is 0 Å². The van der Waals surface area contributed by atoms with Crippen LogP contribution in [0.25, 0.3) is 0 Å². The summed E-state index contributed by atoms with van der Waals surface area (Å²) in [7, 11) is -2.89. The van der Waals surface area contributed by atoms with Crippen molar-refractivity contribution in [2.45, 2.75) is 63.5 Å². The molecule has 0 aromatic carbocycles. The summed E-state index contributed by atoms with van der Waals surface area (Å²) in [5.74, 6) is 0. The van der Waals surface area contributed by atoms with E-state index in [2.05, 4.69) is 58.9 Å². The van der Waals surface area contributed by atoms with Gasteiger partial charge in [0.05, 0.1) is 8.07 Å². The summed E-state index contributed by atoms with van der Waals surface area (Å²) >= 11 is 6.79. The molecule has 1 N–H and O–H groups in total. The Hall–Kier alpha value is 0.684. The van der Waals surface area contributed by atoms with Gasteiger partial charge in [-0.15, -0.1) is 11.6 Å². The van der Waals surface area contributed by atoms with Crippen molar-refractivity contribution in [3.8, 4) is 0 Å². The summed E-state index contributed by atoms with van der Waals surface area (Å²) in [5, 5.41) is 0.374. The first-order chi connectivity index (χ1) is 6.47. The van der Waals surface area contributed by atoms with Crippen molar-refractivity contribution in [3.05, 3.63) is 0 Å². The summed E-state index contributed by atoms with van der Waals surface area (Å²) in [5.41, 5.74) is 0. The first kappa shape index (κ1) is 15.7. The van der Waals surface area contributed by atoms with Crippen molar-refractivity contribution in [2.75, 3.05) is 6.54 Å². The lowest BCUT2D eigenvalue weighted by Gasteiger charge is -2.46. The van der Waals surface area contributed by atoms with Crippen LogP contribution in [0.3, 0.4) is 0 Å². The lowest BCUT2D eigenvalue weighted by molar-refractivity contribution is 0.717. The lowest BCUT2D eigenvalue weighted by atomic mass is 10.2. The van der Waals surface area contributed by atoms with E-state index < -0.39 is 16.3 Å². The fraction of sp³-hybridized carbons (Fsp3) is 1.00. The molecule has 0 aromatic heterocycles. The average molecular weight is 266 g/mol. The van der Waals surface area contributed by atoms with Crippen LogP contribution >= 0.6 is 11.6 Å². The molecule has 0 aliphatic rings. The van der Waals surface area contributed by atoms with Gasteiger partial charge < -0.3 is 4.98 Å².